The molecule has 2 aromatic rings. The molecule has 3 rings (SSSR count). The van der Waals surface area contributed by atoms with E-state index in [1.165, 1.54) is 12.0 Å². The van der Waals surface area contributed by atoms with Gasteiger partial charge in [-0.1, -0.05) is 66.0 Å². The maximum absolute atomic E-state index is 12.2. The number of amides is 2. The minimum atomic E-state index is -0.290. The lowest BCUT2D eigenvalue weighted by atomic mass is 9.64. The van der Waals surface area contributed by atoms with Crippen LogP contribution in [-0.4, -0.2) is 12.6 Å². The molecule has 3 nitrogen and oxygen atoms in total. The number of urea groups is 1. The van der Waals surface area contributed by atoms with Crippen LogP contribution in [0.5, 0.6) is 0 Å². The molecule has 1 aliphatic carbocycles. The van der Waals surface area contributed by atoms with Gasteiger partial charge in [0, 0.05) is 12.0 Å². The summed E-state index contributed by atoms with van der Waals surface area (Å²) in [6.45, 7) is 0.602. The summed E-state index contributed by atoms with van der Waals surface area (Å²) in [6, 6.07) is 15.2. The summed E-state index contributed by atoms with van der Waals surface area (Å²) >= 11 is 12.1. The number of benzene rings is 2. The first-order chi connectivity index (χ1) is 11.1. The van der Waals surface area contributed by atoms with Gasteiger partial charge in [0.2, 0.25) is 0 Å². The molecule has 2 aromatic carbocycles. The lowest BCUT2D eigenvalue weighted by Gasteiger charge is -2.42. The molecule has 0 saturated heterocycles. The van der Waals surface area contributed by atoms with Crippen molar-refractivity contribution in [2.24, 2.45) is 0 Å². The Labute approximate surface area is 146 Å². The summed E-state index contributed by atoms with van der Waals surface area (Å²) in [4.78, 5) is 12.2. The van der Waals surface area contributed by atoms with Crippen LogP contribution in [-0.2, 0) is 5.41 Å². The number of anilines is 1. The van der Waals surface area contributed by atoms with E-state index in [-0.39, 0.29) is 11.4 Å². The van der Waals surface area contributed by atoms with E-state index < -0.39 is 0 Å². The van der Waals surface area contributed by atoms with Gasteiger partial charge in [-0.2, -0.15) is 0 Å². The van der Waals surface area contributed by atoms with Gasteiger partial charge in [-0.3, -0.25) is 0 Å². The molecule has 1 aliphatic rings. The molecule has 0 bridgehead atoms. The zero-order chi connectivity index (χ0) is 16.3. The van der Waals surface area contributed by atoms with Crippen LogP contribution >= 0.6 is 23.2 Å². The number of rotatable bonds is 4. The van der Waals surface area contributed by atoms with E-state index in [4.69, 9.17) is 23.2 Å². The fraction of sp³-hybridized carbons (Fsp3) is 0.278. The molecule has 0 heterocycles. The van der Waals surface area contributed by atoms with Crippen molar-refractivity contribution in [2.75, 3.05) is 11.9 Å². The Morgan fingerprint density at radius 3 is 2.22 bits per heavy atom. The van der Waals surface area contributed by atoms with E-state index in [1.54, 1.807) is 18.2 Å². The van der Waals surface area contributed by atoms with Gasteiger partial charge in [0.05, 0.1) is 15.7 Å². The Morgan fingerprint density at radius 1 is 1.00 bits per heavy atom. The molecular weight excluding hydrogens is 331 g/mol. The lowest BCUT2D eigenvalue weighted by Crippen LogP contribution is -2.46. The van der Waals surface area contributed by atoms with E-state index in [9.17, 15) is 4.79 Å². The molecule has 0 spiro atoms. The number of nitrogens with one attached hydrogen (secondary N) is 2. The van der Waals surface area contributed by atoms with Gasteiger partial charge in [-0.15, -0.1) is 0 Å². The van der Waals surface area contributed by atoms with Crippen molar-refractivity contribution < 1.29 is 4.79 Å². The predicted molar refractivity (Wildman–Crippen MR) is 95.5 cm³/mol. The zero-order valence-electron chi connectivity index (χ0n) is 12.6. The zero-order valence-corrected chi connectivity index (χ0v) is 14.1. The topological polar surface area (TPSA) is 41.1 Å². The van der Waals surface area contributed by atoms with Gasteiger partial charge < -0.3 is 10.6 Å². The maximum atomic E-state index is 12.2. The fourth-order valence-corrected chi connectivity index (χ4v) is 3.48. The third-order valence-corrected chi connectivity index (χ3v) is 5.12. The van der Waals surface area contributed by atoms with Crippen LogP contribution in [0, 0.1) is 0 Å². The highest BCUT2D eigenvalue weighted by molar-refractivity contribution is 6.39. The summed E-state index contributed by atoms with van der Waals surface area (Å²) in [7, 11) is 0. The summed E-state index contributed by atoms with van der Waals surface area (Å²) < 4.78 is 0. The number of carbonyl (C=O) groups is 1. The SMILES string of the molecule is O=C(NCC1(c2ccccc2)CCC1)Nc1c(Cl)cccc1Cl. The van der Waals surface area contributed by atoms with Gasteiger partial charge in [0.15, 0.2) is 0 Å². The minimum absolute atomic E-state index is 0.0445. The molecule has 2 amide bonds. The van der Waals surface area contributed by atoms with E-state index in [1.807, 2.05) is 18.2 Å². The third-order valence-electron chi connectivity index (χ3n) is 4.49. The molecule has 23 heavy (non-hydrogen) atoms. The molecule has 0 atom stereocenters. The molecule has 0 aliphatic heterocycles. The third kappa shape index (κ3) is 3.46. The van der Waals surface area contributed by atoms with E-state index >= 15 is 0 Å². The Kier molecular flexibility index (Phi) is 4.79. The number of para-hydroxylation sites is 1. The number of hydrogen-bond acceptors (Lipinski definition) is 1. The fourth-order valence-electron chi connectivity index (χ4n) is 2.99. The van der Waals surface area contributed by atoms with E-state index in [0.29, 0.717) is 22.3 Å². The number of hydrogen-bond donors (Lipinski definition) is 2. The first-order valence-corrected chi connectivity index (χ1v) is 8.41. The molecular formula is C18H18Cl2N2O. The lowest BCUT2D eigenvalue weighted by molar-refractivity contribution is 0.222. The van der Waals surface area contributed by atoms with Crippen molar-refractivity contribution in [3.63, 3.8) is 0 Å². The van der Waals surface area contributed by atoms with Crippen LogP contribution in [0.2, 0.25) is 10.0 Å². The highest BCUT2D eigenvalue weighted by atomic mass is 35.5. The second kappa shape index (κ2) is 6.81. The Hall–Kier alpha value is -1.71. The molecule has 0 unspecified atom stereocenters. The largest absolute Gasteiger partial charge is 0.337 e. The second-order valence-electron chi connectivity index (χ2n) is 5.90. The normalized spacial score (nSPS) is 15.6. The summed E-state index contributed by atoms with van der Waals surface area (Å²) in [5, 5.41) is 6.55. The molecule has 0 radical (unpaired) electrons. The van der Waals surface area contributed by atoms with Crippen LogP contribution in [0.15, 0.2) is 48.5 Å². The molecule has 2 N–H and O–H groups in total. The summed E-state index contributed by atoms with van der Waals surface area (Å²) in [5.74, 6) is 0. The quantitative estimate of drug-likeness (QED) is 0.779. The van der Waals surface area contributed by atoms with Crippen molar-refractivity contribution in [3.05, 3.63) is 64.1 Å². The monoisotopic (exact) mass is 348 g/mol. The van der Waals surface area contributed by atoms with Crippen LogP contribution < -0.4 is 10.6 Å². The summed E-state index contributed by atoms with van der Waals surface area (Å²) in [6.07, 6.45) is 3.36. The predicted octanol–water partition coefficient (Wildman–Crippen LogP) is 5.24. The van der Waals surface area contributed by atoms with Gasteiger partial charge in [0.25, 0.3) is 0 Å². The molecule has 120 valence electrons. The Morgan fingerprint density at radius 2 is 1.65 bits per heavy atom. The van der Waals surface area contributed by atoms with Gasteiger partial charge >= 0.3 is 6.03 Å². The molecule has 0 aromatic heterocycles. The van der Waals surface area contributed by atoms with Crippen molar-refractivity contribution in [2.45, 2.75) is 24.7 Å². The van der Waals surface area contributed by atoms with E-state index in [2.05, 4.69) is 22.8 Å². The number of carbonyl (C=O) groups excluding carboxylic acids is 1. The maximum Gasteiger partial charge on any atom is 0.319 e. The standard InChI is InChI=1S/C18H18Cl2N2O/c19-14-8-4-9-15(20)16(14)22-17(23)21-12-18(10-5-11-18)13-6-2-1-3-7-13/h1-4,6-9H,5,10-12H2,(H2,21,22,23). The van der Waals surface area contributed by atoms with Gasteiger partial charge in [-0.05, 0) is 30.5 Å². The first kappa shape index (κ1) is 16.2. The molecule has 5 heteroatoms. The van der Waals surface area contributed by atoms with Crippen molar-refractivity contribution in [3.8, 4) is 0 Å². The van der Waals surface area contributed by atoms with Crippen LogP contribution in [0.25, 0.3) is 0 Å². The van der Waals surface area contributed by atoms with Crippen LogP contribution in [0.3, 0.4) is 0 Å². The average molecular weight is 349 g/mol. The van der Waals surface area contributed by atoms with Crippen molar-refractivity contribution >= 4 is 34.9 Å². The van der Waals surface area contributed by atoms with Crippen LogP contribution in [0.1, 0.15) is 24.8 Å². The molecule has 1 fully saturated rings. The highest BCUT2D eigenvalue weighted by Crippen LogP contribution is 2.43. The highest BCUT2D eigenvalue weighted by Gasteiger charge is 2.38. The van der Waals surface area contributed by atoms with Gasteiger partial charge in [-0.25, -0.2) is 4.79 Å². The molecule has 1 saturated carbocycles. The first-order valence-electron chi connectivity index (χ1n) is 7.65. The summed E-state index contributed by atoms with van der Waals surface area (Å²) in [5.41, 5.74) is 1.76. The van der Waals surface area contributed by atoms with Crippen molar-refractivity contribution in [1.82, 2.24) is 5.32 Å². The Bertz CT molecular complexity index is 679. The minimum Gasteiger partial charge on any atom is -0.337 e. The van der Waals surface area contributed by atoms with Crippen molar-refractivity contribution in [1.29, 1.82) is 0 Å². The smallest absolute Gasteiger partial charge is 0.319 e. The van der Waals surface area contributed by atoms with Gasteiger partial charge in [0.1, 0.15) is 0 Å². The van der Waals surface area contributed by atoms with Crippen LogP contribution in [0.4, 0.5) is 10.5 Å². The Balaban J connectivity index is 1.65. The number of halogens is 2. The average Bonchev–Trinajstić information content (AvgIpc) is 2.51. The van der Waals surface area contributed by atoms with E-state index in [0.717, 1.165) is 12.8 Å². The second-order valence-corrected chi connectivity index (χ2v) is 6.72.